The lowest BCUT2D eigenvalue weighted by Crippen LogP contribution is -2.51. The fraction of sp³-hybridized carbons (Fsp3) is 0.632. The molecule has 1 aromatic rings. The molecule has 2 rings (SSSR count). The molecule has 1 amide bonds. The number of carbonyl (C=O) groups excluding carboxylic acids is 1. The van der Waals surface area contributed by atoms with Crippen LogP contribution in [0, 0.1) is 5.92 Å². The Labute approximate surface area is 145 Å². The molecule has 1 heterocycles. The maximum atomic E-state index is 12.7. The maximum absolute atomic E-state index is 12.7. The van der Waals surface area contributed by atoms with E-state index < -0.39 is 0 Å². The van der Waals surface area contributed by atoms with Crippen LogP contribution in [0.5, 0.6) is 0 Å². The van der Waals surface area contributed by atoms with Gasteiger partial charge in [0.1, 0.15) is 6.10 Å². The second-order valence-corrected chi connectivity index (χ2v) is 6.85. The molecule has 134 valence electrons. The molecular formula is C19H30N2O3. The SMILES string of the molecule is COCCN(C)CC(=O)N1C[C@@H](c2ccccc2)O[C@@H](C(C)C)C1. The molecule has 24 heavy (non-hydrogen) atoms. The third-order valence-electron chi connectivity index (χ3n) is 4.48. The minimum atomic E-state index is -0.0550. The number of methoxy groups -OCH3 is 1. The van der Waals surface area contributed by atoms with Crippen molar-refractivity contribution < 1.29 is 14.3 Å². The lowest BCUT2D eigenvalue weighted by Gasteiger charge is -2.40. The summed E-state index contributed by atoms with van der Waals surface area (Å²) < 4.78 is 11.3. The van der Waals surface area contributed by atoms with Crippen molar-refractivity contribution in [2.24, 2.45) is 5.92 Å². The third-order valence-corrected chi connectivity index (χ3v) is 4.48. The maximum Gasteiger partial charge on any atom is 0.236 e. The quantitative estimate of drug-likeness (QED) is 0.766. The largest absolute Gasteiger partial charge is 0.383 e. The number of nitrogens with zero attached hydrogens (tertiary/aromatic N) is 2. The molecular weight excluding hydrogens is 304 g/mol. The van der Waals surface area contributed by atoms with Crippen molar-refractivity contribution in [2.75, 3.05) is 46.9 Å². The van der Waals surface area contributed by atoms with Crippen LogP contribution < -0.4 is 0 Å². The van der Waals surface area contributed by atoms with Gasteiger partial charge in [0.25, 0.3) is 0 Å². The van der Waals surface area contributed by atoms with E-state index in [4.69, 9.17) is 9.47 Å². The molecule has 0 bridgehead atoms. The molecule has 0 saturated carbocycles. The number of hydrogen-bond acceptors (Lipinski definition) is 4. The van der Waals surface area contributed by atoms with Crippen molar-refractivity contribution >= 4 is 5.91 Å². The summed E-state index contributed by atoms with van der Waals surface area (Å²) in [5.74, 6) is 0.529. The van der Waals surface area contributed by atoms with Gasteiger partial charge >= 0.3 is 0 Å². The van der Waals surface area contributed by atoms with Crippen molar-refractivity contribution in [1.29, 1.82) is 0 Å². The van der Waals surface area contributed by atoms with E-state index in [1.54, 1.807) is 7.11 Å². The van der Waals surface area contributed by atoms with Gasteiger partial charge in [-0.15, -0.1) is 0 Å². The fourth-order valence-corrected chi connectivity index (χ4v) is 2.87. The second kappa shape index (κ2) is 9.16. The Hall–Kier alpha value is -1.43. The molecule has 5 heteroatoms. The Morgan fingerprint density at radius 1 is 1.33 bits per heavy atom. The highest BCUT2D eigenvalue weighted by Crippen LogP contribution is 2.28. The van der Waals surface area contributed by atoms with Crippen LogP contribution in [0.15, 0.2) is 30.3 Å². The molecule has 5 nitrogen and oxygen atoms in total. The van der Waals surface area contributed by atoms with E-state index in [1.807, 2.05) is 35.0 Å². The van der Waals surface area contributed by atoms with Crippen LogP contribution >= 0.6 is 0 Å². The molecule has 0 aliphatic carbocycles. The van der Waals surface area contributed by atoms with Crippen LogP contribution in [0.3, 0.4) is 0 Å². The summed E-state index contributed by atoms with van der Waals surface area (Å²) in [6, 6.07) is 10.2. The van der Waals surface area contributed by atoms with Crippen molar-refractivity contribution in [1.82, 2.24) is 9.80 Å². The number of likely N-dealkylation sites (N-methyl/N-ethyl adjacent to an activating group) is 1. The van der Waals surface area contributed by atoms with E-state index >= 15 is 0 Å². The van der Waals surface area contributed by atoms with Gasteiger partial charge in [-0.2, -0.15) is 0 Å². The minimum absolute atomic E-state index is 0.0550. The molecule has 0 spiro atoms. The normalized spacial score (nSPS) is 21.5. The number of morpholine rings is 1. The molecule has 0 radical (unpaired) electrons. The van der Waals surface area contributed by atoms with Crippen molar-refractivity contribution in [3.63, 3.8) is 0 Å². The smallest absolute Gasteiger partial charge is 0.236 e. The summed E-state index contributed by atoms with van der Waals surface area (Å²) in [5.41, 5.74) is 1.13. The minimum Gasteiger partial charge on any atom is -0.383 e. The Bertz CT molecular complexity index is 507. The van der Waals surface area contributed by atoms with Gasteiger partial charge in [0, 0.05) is 20.2 Å². The summed E-state index contributed by atoms with van der Waals surface area (Å²) in [6.07, 6.45) is 0.0118. The van der Waals surface area contributed by atoms with Crippen molar-refractivity contribution in [3.8, 4) is 0 Å². The highest BCUT2D eigenvalue weighted by atomic mass is 16.5. The zero-order chi connectivity index (χ0) is 17.5. The molecule has 0 aromatic heterocycles. The second-order valence-electron chi connectivity index (χ2n) is 6.85. The summed E-state index contributed by atoms with van der Waals surface area (Å²) >= 11 is 0. The third kappa shape index (κ3) is 5.30. The Kier molecular flexibility index (Phi) is 7.21. The molecule has 2 atom stereocenters. The van der Waals surface area contributed by atoms with E-state index in [-0.39, 0.29) is 18.1 Å². The number of carbonyl (C=O) groups is 1. The highest BCUT2D eigenvalue weighted by molar-refractivity contribution is 5.78. The van der Waals surface area contributed by atoms with Crippen LogP contribution in [0.4, 0.5) is 0 Å². The van der Waals surface area contributed by atoms with Gasteiger partial charge in [0.15, 0.2) is 0 Å². The van der Waals surface area contributed by atoms with Gasteiger partial charge in [-0.1, -0.05) is 44.2 Å². The molecule has 1 saturated heterocycles. The van der Waals surface area contributed by atoms with E-state index in [0.29, 0.717) is 32.2 Å². The molecule has 0 unspecified atom stereocenters. The lowest BCUT2D eigenvalue weighted by atomic mass is 10.0. The summed E-state index contributed by atoms with van der Waals surface area (Å²) in [4.78, 5) is 16.7. The Morgan fingerprint density at radius 3 is 2.67 bits per heavy atom. The topological polar surface area (TPSA) is 42.0 Å². The number of benzene rings is 1. The van der Waals surface area contributed by atoms with Gasteiger partial charge in [0.2, 0.25) is 5.91 Å². The molecule has 1 aliphatic heterocycles. The molecule has 1 aliphatic rings. The number of hydrogen-bond donors (Lipinski definition) is 0. The average Bonchev–Trinajstić information content (AvgIpc) is 2.60. The number of ether oxygens (including phenoxy) is 2. The van der Waals surface area contributed by atoms with Gasteiger partial charge in [-0.05, 0) is 18.5 Å². The van der Waals surface area contributed by atoms with E-state index in [0.717, 1.165) is 12.1 Å². The first-order valence-electron chi connectivity index (χ1n) is 8.67. The van der Waals surface area contributed by atoms with Gasteiger partial charge in [0.05, 0.1) is 25.8 Å². The summed E-state index contributed by atoms with van der Waals surface area (Å²) in [6.45, 7) is 7.37. The predicted octanol–water partition coefficient (Wildman–Crippen LogP) is 2.19. The van der Waals surface area contributed by atoms with E-state index in [9.17, 15) is 4.79 Å². The first-order chi connectivity index (χ1) is 11.5. The van der Waals surface area contributed by atoms with E-state index in [1.165, 1.54) is 0 Å². The predicted molar refractivity (Wildman–Crippen MR) is 94.8 cm³/mol. The zero-order valence-electron chi connectivity index (χ0n) is 15.3. The lowest BCUT2D eigenvalue weighted by molar-refractivity contribution is -0.151. The van der Waals surface area contributed by atoms with Crippen LogP contribution in [-0.2, 0) is 14.3 Å². The highest BCUT2D eigenvalue weighted by Gasteiger charge is 2.33. The average molecular weight is 334 g/mol. The fourth-order valence-electron chi connectivity index (χ4n) is 2.87. The molecule has 0 N–H and O–H groups in total. The first kappa shape index (κ1) is 18.9. The van der Waals surface area contributed by atoms with Crippen LogP contribution in [-0.4, -0.2) is 68.8 Å². The number of rotatable bonds is 7. The zero-order valence-corrected chi connectivity index (χ0v) is 15.3. The summed E-state index contributed by atoms with van der Waals surface area (Å²) in [7, 11) is 3.63. The summed E-state index contributed by atoms with van der Waals surface area (Å²) in [5, 5.41) is 0. The van der Waals surface area contributed by atoms with E-state index in [2.05, 4.69) is 26.0 Å². The standard InChI is InChI=1S/C19H30N2O3/c1-15(2)17-12-21(19(22)14-20(3)10-11-23-4)13-18(24-17)16-8-6-5-7-9-16/h5-9,15,17-18H,10-14H2,1-4H3/t17-,18+/m1/s1. The van der Waals surface area contributed by atoms with Crippen LogP contribution in [0.25, 0.3) is 0 Å². The van der Waals surface area contributed by atoms with Gasteiger partial charge in [-0.3, -0.25) is 9.69 Å². The first-order valence-corrected chi connectivity index (χ1v) is 8.67. The van der Waals surface area contributed by atoms with Crippen molar-refractivity contribution in [2.45, 2.75) is 26.1 Å². The number of amides is 1. The van der Waals surface area contributed by atoms with Gasteiger partial charge in [-0.25, -0.2) is 0 Å². The van der Waals surface area contributed by atoms with Crippen LogP contribution in [0.1, 0.15) is 25.5 Å². The monoisotopic (exact) mass is 334 g/mol. The van der Waals surface area contributed by atoms with Gasteiger partial charge < -0.3 is 14.4 Å². The van der Waals surface area contributed by atoms with Crippen molar-refractivity contribution in [3.05, 3.63) is 35.9 Å². The Balaban J connectivity index is 2.03. The molecule has 1 fully saturated rings. The van der Waals surface area contributed by atoms with Crippen LogP contribution in [0.2, 0.25) is 0 Å². The molecule has 1 aromatic carbocycles. The Morgan fingerprint density at radius 2 is 2.04 bits per heavy atom.